The number of aromatic amines is 1. The number of anilines is 1. The largest absolute Gasteiger partial charge is 0.369 e. The predicted molar refractivity (Wildman–Crippen MR) is 95.5 cm³/mol. The number of H-pyrrole nitrogens is 1. The fourth-order valence-corrected chi connectivity index (χ4v) is 4.73. The van der Waals surface area contributed by atoms with Gasteiger partial charge in [-0.05, 0) is 11.3 Å². The number of nitrogens with zero attached hydrogens (tertiary/aromatic N) is 3. The lowest BCUT2D eigenvalue weighted by Crippen LogP contribution is -2.24. The van der Waals surface area contributed by atoms with E-state index in [0.29, 0.717) is 23.3 Å². The van der Waals surface area contributed by atoms with Crippen LogP contribution in [0.2, 0.25) is 0 Å². The summed E-state index contributed by atoms with van der Waals surface area (Å²) >= 11 is 0. The molecule has 0 aliphatic carbocycles. The lowest BCUT2D eigenvalue weighted by molar-refractivity contribution is 0.0537. The van der Waals surface area contributed by atoms with Gasteiger partial charge in [0.1, 0.15) is 12.8 Å². The van der Waals surface area contributed by atoms with E-state index in [9.17, 15) is 9.18 Å². The third kappa shape index (κ3) is 4.30. The van der Waals surface area contributed by atoms with Crippen molar-refractivity contribution >= 4 is 25.0 Å². The molecule has 2 aromatic heterocycles. The van der Waals surface area contributed by atoms with E-state index in [-0.39, 0.29) is 25.9 Å². The fourth-order valence-electron chi connectivity index (χ4n) is 2.56. The Kier molecular flexibility index (Phi) is 6.29. The van der Waals surface area contributed by atoms with E-state index in [0.717, 1.165) is 0 Å². The molecule has 0 aliphatic heterocycles. The molecule has 2 rings (SSSR count). The van der Waals surface area contributed by atoms with Crippen molar-refractivity contribution in [2.45, 2.75) is 51.7 Å². The molecule has 3 N–H and O–H groups in total. The highest BCUT2D eigenvalue weighted by molar-refractivity contribution is 7.58. The Hall–Kier alpha value is -1.53. The van der Waals surface area contributed by atoms with E-state index < -0.39 is 18.3 Å². The molecule has 0 fully saturated rings. The number of aromatic nitrogens is 4. The summed E-state index contributed by atoms with van der Waals surface area (Å²) in [7, 11) is -0.329. The molecule has 0 spiro atoms. The molecule has 0 bridgehead atoms. The number of nitrogen functional groups attached to an aromatic ring is 1. The second-order valence-corrected chi connectivity index (χ2v) is 9.65. The maximum absolute atomic E-state index is 13.4. The van der Waals surface area contributed by atoms with Gasteiger partial charge in [0.15, 0.2) is 11.2 Å². The second-order valence-electron chi connectivity index (χ2n) is 6.29. The summed E-state index contributed by atoms with van der Waals surface area (Å²) < 4.78 is 20.8. The van der Waals surface area contributed by atoms with E-state index in [2.05, 4.69) is 42.6 Å². The van der Waals surface area contributed by atoms with Crippen LogP contribution in [-0.2, 0) is 11.3 Å². The molecule has 24 heavy (non-hydrogen) atoms. The standard InChI is InChI=1S/C15H25FN5O2P/c1-9(2)24(10(3)4)8-23-11(5-16)6-21-7-18-12-13(21)19-15(17)20-14(12)22/h7,9-11H,5-6,8H2,1-4H3,(H3,17,19,20,22). The van der Waals surface area contributed by atoms with Crippen molar-refractivity contribution in [3.8, 4) is 0 Å². The number of alkyl halides is 1. The third-order valence-corrected chi connectivity index (χ3v) is 6.95. The zero-order valence-electron chi connectivity index (χ0n) is 14.5. The average Bonchev–Trinajstić information content (AvgIpc) is 2.88. The Bertz CT molecular complexity index is 722. The highest BCUT2D eigenvalue weighted by atomic mass is 31.1. The zero-order chi connectivity index (χ0) is 17.9. The van der Waals surface area contributed by atoms with E-state index in [4.69, 9.17) is 10.5 Å². The smallest absolute Gasteiger partial charge is 0.280 e. The normalized spacial score (nSPS) is 13.5. The van der Waals surface area contributed by atoms with E-state index in [1.54, 1.807) is 4.57 Å². The number of rotatable bonds is 8. The van der Waals surface area contributed by atoms with Crippen LogP contribution in [0, 0.1) is 0 Å². The minimum atomic E-state index is -0.613. The van der Waals surface area contributed by atoms with Gasteiger partial charge in [0, 0.05) is 0 Å². The summed E-state index contributed by atoms with van der Waals surface area (Å²) in [5, 5.41) is 0. The fraction of sp³-hybridized carbons (Fsp3) is 0.667. The van der Waals surface area contributed by atoms with Gasteiger partial charge in [-0.2, -0.15) is 4.98 Å². The minimum absolute atomic E-state index is 0.00935. The summed E-state index contributed by atoms with van der Waals surface area (Å²) in [6.45, 7) is 8.30. The molecular weight excluding hydrogens is 332 g/mol. The topological polar surface area (TPSA) is 98.8 Å². The van der Waals surface area contributed by atoms with Crippen LogP contribution < -0.4 is 11.3 Å². The van der Waals surface area contributed by atoms with Crippen LogP contribution in [-0.4, -0.2) is 50.0 Å². The molecule has 2 aromatic rings. The first-order valence-corrected chi connectivity index (χ1v) is 9.64. The van der Waals surface area contributed by atoms with Crippen LogP contribution in [0.15, 0.2) is 11.1 Å². The number of ether oxygens (including phenoxy) is 1. The quantitative estimate of drug-likeness (QED) is 0.707. The lowest BCUT2D eigenvalue weighted by atomic mass is 10.4. The molecule has 0 saturated carbocycles. The lowest BCUT2D eigenvalue weighted by Gasteiger charge is -2.27. The predicted octanol–water partition coefficient (Wildman–Crippen LogP) is 2.31. The maximum atomic E-state index is 13.4. The minimum Gasteiger partial charge on any atom is -0.369 e. The zero-order valence-corrected chi connectivity index (χ0v) is 15.4. The summed E-state index contributed by atoms with van der Waals surface area (Å²) in [5.41, 5.74) is 6.74. The van der Waals surface area contributed by atoms with Gasteiger partial charge in [-0.3, -0.25) is 9.78 Å². The third-order valence-electron chi connectivity index (χ3n) is 3.85. The molecule has 1 atom stereocenters. The van der Waals surface area contributed by atoms with Crippen LogP contribution in [0.25, 0.3) is 11.2 Å². The number of hydrogen-bond acceptors (Lipinski definition) is 5. The molecule has 0 aromatic carbocycles. The van der Waals surface area contributed by atoms with Gasteiger partial charge in [-0.1, -0.05) is 35.6 Å². The van der Waals surface area contributed by atoms with Crippen LogP contribution in [0.1, 0.15) is 27.7 Å². The van der Waals surface area contributed by atoms with Gasteiger partial charge in [0.25, 0.3) is 5.56 Å². The van der Waals surface area contributed by atoms with Crippen molar-refractivity contribution < 1.29 is 9.13 Å². The molecule has 0 radical (unpaired) electrons. The molecular formula is C15H25FN5O2P. The van der Waals surface area contributed by atoms with Gasteiger partial charge in [-0.25, -0.2) is 9.37 Å². The van der Waals surface area contributed by atoms with Gasteiger partial charge >= 0.3 is 0 Å². The molecule has 0 aliphatic rings. The van der Waals surface area contributed by atoms with Crippen molar-refractivity contribution in [2.24, 2.45) is 0 Å². The Morgan fingerprint density at radius 1 is 1.38 bits per heavy atom. The van der Waals surface area contributed by atoms with Crippen molar-refractivity contribution in [3.05, 3.63) is 16.7 Å². The van der Waals surface area contributed by atoms with Crippen molar-refractivity contribution in [3.63, 3.8) is 0 Å². The average molecular weight is 357 g/mol. The van der Waals surface area contributed by atoms with Crippen molar-refractivity contribution in [1.82, 2.24) is 19.5 Å². The summed E-state index contributed by atoms with van der Waals surface area (Å²) in [5.74, 6) is 0.00935. The van der Waals surface area contributed by atoms with Gasteiger partial charge in [0.2, 0.25) is 5.95 Å². The molecule has 0 saturated heterocycles. The van der Waals surface area contributed by atoms with Gasteiger partial charge in [-0.15, -0.1) is 0 Å². The molecule has 2 heterocycles. The highest BCUT2D eigenvalue weighted by Gasteiger charge is 2.20. The maximum Gasteiger partial charge on any atom is 0.280 e. The highest BCUT2D eigenvalue weighted by Crippen LogP contribution is 2.45. The molecule has 134 valence electrons. The van der Waals surface area contributed by atoms with Crippen LogP contribution >= 0.6 is 7.92 Å². The number of nitrogens with one attached hydrogen (secondary N) is 1. The molecule has 9 heteroatoms. The summed E-state index contributed by atoms with van der Waals surface area (Å²) in [6.07, 6.45) is 1.42. The van der Waals surface area contributed by atoms with Crippen LogP contribution in [0.3, 0.4) is 0 Å². The Morgan fingerprint density at radius 2 is 2.04 bits per heavy atom. The Labute approximate surface area is 141 Å². The van der Waals surface area contributed by atoms with Crippen LogP contribution in [0.4, 0.5) is 10.3 Å². The monoisotopic (exact) mass is 357 g/mol. The first-order chi connectivity index (χ1) is 11.3. The van der Waals surface area contributed by atoms with Gasteiger partial charge < -0.3 is 15.0 Å². The van der Waals surface area contributed by atoms with Crippen molar-refractivity contribution in [2.75, 3.05) is 18.8 Å². The van der Waals surface area contributed by atoms with E-state index in [1.165, 1.54) is 6.33 Å². The SMILES string of the molecule is CC(C)P(COC(CF)Cn1cnc2c(=O)[nH]c(N)nc21)C(C)C. The van der Waals surface area contributed by atoms with Crippen molar-refractivity contribution in [1.29, 1.82) is 0 Å². The van der Waals surface area contributed by atoms with E-state index in [1.807, 2.05) is 0 Å². The first-order valence-electron chi connectivity index (χ1n) is 7.97. The second kappa shape index (κ2) is 8.03. The Balaban J connectivity index is 2.12. The first kappa shape index (κ1) is 18.8. The Morgan fingerprint density at radius 3 is 2.62 bits per heavy atom. The van der Waals surface area contributed by atoms with E-state index >= 15 is 0 Å². The van der Waals surface area contributed by atoms with Gasteiger partial charge in [0.05, 0.1) is 19.2 Å². The van der Waals surface area contributed by atoms with Crippen LogP contribution in [0.5, 0.6) is 0 Å². The summed E-state index contributed by atoms with van der Waals surface area (Å²) in [4.78, 5) is 22.3. The molecule has 7 nitrogen and oxygen atoms in total. The number of fused-ring (bicyclic) bond motifs is 1. The summed E-state index contributed by atoms with van der Waals surface area (Å²) in [6, 6.07) is 0. The number of nitrogens with two attached hydrogens (primary N) is 1. The molecule has 0 amide bonds. The number of halogens is 1. The number of imidazole rings is 1. The molecule has 1 unspecified atom stereocenters. The number of hydrogen-bond donors (Lipinski definition) is 2.